The summed E-state index contributed by atoms with van der Waals surface area (Å²) in [5.74, 6) is 0. The van der Waals surface area contributed by atoms with Gasteiger partial charge in [0.25, 0.3) is 0 Å². The highest BCUT2D eigenvalue weighted by molar-refractivity contribution is 5.04. The molecule has 15 heterocycles. The molecule has 15 aliphatic heterocycles. The summed E-state index contributed by atoms with van der Waals surface area (Å²) in [7, 11) is 30.5. The smallest absolute Gasteiger partial charge is 0.187 e. The third kappa shape index (κ3) is 21.9. The summed E-state index contributed by atoms with van der Waals surface area (Å²) in [5, 5.41) is 0. The van der Waals surface area contributed by atoms with Crippen molar-refractivity contribution in [3.63, 3.8) is 0 Å². The maximum Gasteiger partial charge on any atom is 0.187 e. The largest absolute Gasteiger partial charge is 0.382 e. The Labute approximate surface area is 637 Å². The molecule has 632 valence electrons. The zero-order valence-corrected chi connectivity index (χ0v) is 67.1. The van der Waals surface area contributed by atoms with E-state index in [0.717, 1.165) is 44.9 Å². The number of allylic oxidation sites excluding steroid dienone is 1. The molecule has 0 N–H and O–H groups in total. The highest BCUT2D eigenvalue weighted by atomic mass is 16.8. The van der Waals surface area contributed by atoms with E-state index in [9.17, 15) is 0 Å². The molecule has 35 heteroatoms. The second-order valence-electron chi connectivity index (χ2n) is 27.7. The molecule has 14 bridgehead atoms. The molecule has 1 unspecified atom stereocenters. The monoisotopic (exact) mass is 1570 g/mol. The third-order valence-corrected chi connectivity index (χ3v) is 21.4. The van der Waals surface area contributed by atoms with E-state index in [1.807, 2.05) is 6.08 Å². The van der Waals surface area contributed by atoms with Crippen LogP contribution in [-0.4, -0.2) is 410 Å². The molecule has 15 saturated heterocycles. The zero-order chi connectivity index (χ0) is 78.0. The summed E-state index contributed by atoms with van der Waals surface area (Å²) in [5.41, 5.74) is 0. The van der Waals surface area contributed by atoms with Crippen LogP contribution in [0.3, 0.4) is 0 Å². The lowest BCUT2D eigenvalue weighted by Gasteiger charge is -2.52. The van der Waals surface area contributed by atoms with Gasteiger partial charge in [-0.1, -0.05) is 38.2 Å². The van der Waals surface area contributed by atoms with Crippen molar-refractivity contribution in [3.8, 4) is 0 Å². The summed E-state index contributed by atoms with van der Waals surface area (Å²) in [6, 6.07) is 0. The third-order valence-electron chi connectivity index (χ3n) is 21.4. The number of methoxy groups -OCH3 is 20. The molecule has 0 aromatic carbocycles. The Morgan fingerprint density at radius 3 is 0.546 bits per heavy atom. The van der Waals surface area contributed by atoms with Gasteiger partial charge in [0.1, 0.15) is 171 Å². The number of unbranched alkanes of at least 4 members (excludes halogenated alkanes) is 7. The number of hydrogen-bond donors (Lipinski definition) is 0. The van der Waals surface area contributed by atoms with Crippen molar-refractivity contribution >= 4 is 0 Å². The molecule has 35 atom stereocenters. The molecule has 0 spiro atoms. The second-order valence-corrected chi connectivity index (χ2v) is 27.7. The lowest BCUT2D eigenvalue weighted by atomic mass is 9.94. The summed E-state index contributed by atoms with van der Waals surface area (Å²) in [6.45, 7) is 3.90. The van der Waals surface area contributed by atoms with Crippen molar-refractivity contribution in [2.75, 3.05) is 195 Å². The van der Waals surface area contributed by atoms with Crippen LogP contribution < -0.4 is 0 Å². The van der Waals surface area contributed by atoms with E-state index in [2.05, 4.69) is 6.58 Å². The molecule has 15 rings (SSSR count). The fourth-order valence-electron chi connectivity index (χ4n) is 16.3. The Balaban J connectivity index is 1.24. The van der Waals surface area contributed by atoms with Gasteiger partial charge in [0.15, 0.2) is 44.0 Å². The SMILES string of the molecule is C=CCCCCCCCCCO[C@H]1[C@H]2O[C@H]3[C@H](OC)[C@@H](OC)[C@H](O[C@@H]3COC)O[C@H]3C(OC)[C@@H](OC)[C@@H](O[C@H]4[C@H](OC)[C@@H](OC)[C@@H](O[C@H]5[C@H](OC)[C@@H](OC)[C@@H](O[C@H]6[C@H](OC)[C@@H](OC)[C@@H](O[C@H]7[C@H](OC)[C@@H](OC)[C@@H](O[C@@H]([C@@H]1OC)[C@@H](COC)O2)O[C@@H]7COC)O[C@@H]6COC)O[C@@H]5COC)O[C@@H]4COC)O[C@@H]3COC. The van der Waals surface area contributed by atoms with E-state index in [-0.39, 0.29) is 46.2 Å². The van der Waals surface area contributed by atoms with E-state index < -0.39 is 215 Å². The lowest BCUT2D eigenvalue weighted by molar-refractivity contribution is -0.403. The molecule has 108 heavy (non-hydrogen) atoms. The van der Waals surface area contributed by atoms with Gasteiger partial charge in [-0.2, -0.15) is 0 Å². The van der Waals surface area contributed by atoms with E-state index in [0.29, 0.717) is 13.0 Å². The molecule has 15 fully saturated rings. The summed E-state index contributed by atoms with van der Waals surface area (Å²) < 4.78 is 230. The van der Waals surface area contributed by atoms with Crippen LogP contribution in [0, 0.1) is 0 Å². The Bertz CT molecular complexity index is 2420. The topological polar surface area (TPSA) is 323 Å². The van der Waals surface area contributed by atoms with Gasteiger partial charge in [-0.15, -0.1) is 6.58 Å². The molecule has 15 aliphatic rings. The average Bonchev–Trinajstić information content (AvgIpc) is 0.767. The highest BCUT2D eigenvalue weighted by Crippen LogP contribution is 2.43. The van der Waals surface area contributed by atoms with Gasteiger partial charge in [0.05, 0.1) is 46.2 Å². The maximum absolute atomic E-state index is 7.27. The molecular weight excluding hydrogens is 1440 g/mol. The normalized spacial score (nSPS) is 42.9. The van der Waals surface area contributed by atoms with Gasteiger partial charge in [-0.25, -0.2) is 0 Å². The molecule has 0 radical (unpaired) electrons. The Morgan fingerprint density at radius 1 is 0.204 bits per heavy atom. The fraction of sp³-hybridized carbons (Fsp3) is 0.973. The van der Waals surface area contributed by atoms with Gasteiger partial charge in [-0.3, -0.25) is 0 Å². The average molecular weight is 1570 g/mol. The minimum atomic E-state index is -1.23. The predicted molar refractivity (Wildman–Crippen MR) is 375 cm³/mol. The summed E-state index contributed by atoms with van der Waals surface area (Å²) in [4.78, 5) is 0. The standard InChI is InChI=1S/C73H130O35/c1-22-23-24-25-26-27-28-29-30-31-94-66-59(87-15)52-45(38-80-8)101-73(66)108-51-44(37-79-7)100-71(65(93-21)58(51)86-14)106-49-42(35-77-5)98-69(63(91-19)56(49)84-12)104-47-40(33-75-3)96-67(61(89-17)54(47)82-10)102-46-39(32-74-2)95-68(60(88-16)53(46)81-9)103-48-41(34-76-4)97-70(62(90-18)55(48)83-11)105-50-43(36-78-6)99-72(107-52)64(92-20)57(50)85-13/h22,39-73H,1,23-38H2,2-21H3/t39-,40-,41-,42-,43-,44-,45-,46-,47-,48-,49-,50-,51-,52-,53+,54+,55+,56?,57+,58+,59+,60-,61-,62-,63-,64-,65-,66-,67-,68-,69-,70-,71-,72-,73-/m1/s1. The van der Waals surface area contributed by atoms with Crippen molar-refractivity contribution in [1.29, 1.82) is 0 Å². The van der Waals surface area contributed by atoms with Crippen molar-refractivity contribution in [2.45, 2.75) is 266 Å². The predicted octanol–water partition coefficient (Wildman–Crippen LogP) is 2.18. The van der Waals surface area contributed by atoms with Gasteiger partial charge < -0.3 is 166 Å². The first-order chi connectivity index (χ1) is 52.7. The minimum Gasteiger partial charge on any atom is -0.382 e. The van der Waals surface area contributed by atoms with Crippen LogP contribution in [0.15, 0.2) is 12.7 Å². The van der Waals surface area contributed by atoms with Gasteiger partial charge in [0, 0.05) is 149 Å². The molecule has 0 aliphatic carbocycles. The minimum absolute atomic E-state index is 0.0350. The van der Waals surface area contributed by atoms with Crippen LogP contribution in [0.1, 0.15) is 51.4 Å². The first-order valence-corrected chi connectivity index (χ1v) is 37.4. The highest BCUT2D eigenvalue weighted by Gasteiger charge is 2.62. The van der Waals surface area contributed by atoms with Crippen LogP contribution in [0.4, 0.5) is 0 Å². The Morgan fingerprint density at radius 2 is 0.370 bits per heavy atom. The van der Waals surface area contributed by atoms with Crippen LogP contribution in [0.25, 0.3) is 0 Å². The number of ether oxygens (including phenoxy) is 35. The molecule has 0 saturated carbocycles. The summed E-state index contributed by atoms with van der Waals surface area (Å²) in [6.07, 6.45) is -26.1. The van der Waals surface area contributed by atoms with E-state index >= 15 is 0 Å². The first-order valence-electron chi connectivity index (χ1n) is 37.4. The fourth-order valence-corrected chi connectivity index (χ4v) is 16.3. The zero-order valence-electron chi connectivity index (χ0n) is 67.1. The Kier molecular flexibility index (Phi) is 40.4. The number of rotatable bonds is 38. The van der Waals surface area contributed by atoms with Crippen LogP contribution >= 0.6 is 0 Å². The van der Waals surface area contributed by atoms with Crippen LogP contribution in [0.2, 0.25) is 0 Å². The van der Waals surface area contributed by atoms with Crippen molar-refractivity contribution in [2.24, 2.45) is 0 Å². The lowest BCUT2D eigenvalue weighted by Crippen LogP contribution is -2.69. The van der Waals surface area contributed by atoms with Crippen LogP contribution in [0.5, 0.6) is 0 Å². The number of fused-ring (bicyclic) bond motifs is 7. The molecule has 35 nitrogen and oxygen atoms in total. The molecule has 0 amide bonds. The van der Waals surface area contributed by atoms with Gasteiger partial charge in [0.2, 0.25) is 0 Å². The van der Waals surface area contributed by atoms with Crippen molar-refractivity contribution in [3.05, 3.63) is 12.7 Å². The van der Waals surface area contributed by atoms with E-state index in [1.54, 1.807) is 35.5 Å². The maximum atomic E-state index is 7.27. The van der Waals surface area contributed by atoms with Crippen LogP contribution in [-0.2, 0) is 166 Å². The second kappa shape index (κ2) is 47.5. The quantitative estimate of drug-likeness (QED) is 0.0632. The molecule has 0 aromatic rings. The Hall–Kier alpha value is -1.66. The molecular formula is C73H130O35. The molecule has 0 aromatic heterocycles. The van der Waals surface area contributed by atoms with Gasteiger partial charge >= 0.3 is 0 Å². The van der Waals surface area contributed by atoms with Crippen molar-refractivity contribution in [1.82, 2.24) is 0 Å². The van der Waals surface area contributed by atoms with E-state index in [4.69, 9.17) is 166 Å². The summed E-state index contributed by atoms with van der Waals surface area (Å²) >= 11 is 0. The number of hydrogen-bond acceptors (Lipinski definition) is 35. The first kappa shape index (κ1) is 91.9. The van der Waals surface area contributed by atoms with E-state index in [1.165, 1.54) is 107 Å². The van der Waals surface area contributed by atoms with Gasteiger partial charge in [-0.05, 0) is 19.3 Å². The van der Waals surface area contributed by atoms with Crippen molar-refractivity contribution < 1.29 is 166 Å².